The minimum Gasteiger partial charge on any atom is -0.354 e. The van der Waals surface area contributed by atoms with Crippen LogP contribution in [-0.2, 0) is 16.0 Å². The number of nitrogens with one attached hydrogen (secondary N) is 1. The zero-order chi connectivity index (χ0) is 24.9. The molecular weight excluding hydrogens is 474 g/mol. The predicted molar refractivity (Wildman–Crippen MR) is 141 cm³/mol. The van der Waals surface area contributed by atoms with Crippen LogP contribution in [0.15, 0.2) is 66.9 Å². The average Bonchev–Trinajstić information content (AvgIpc) is 3.42. The summed E-state index contributed by atoms with van der Waals surface area (Å²) in [5.41, 5.74) is 3.06. The molecule has 2 fully saturated rings. The molecule has 0 unspecified atom stereocenters. The van der Waals surface area contributed by atoms with Crippen molar-refractivity contribution in [1.29, 1.82) is 0 Å². The van der Waals surface area contributed by atoms with Gasteiger partial charge in [0.15, 0.2) is 5.82 Å². The number of piperidine rings is 1. The van der Waals surface area contributed by atoms with Crippen LogP contribution in [0.5, 0.6) is 0 Å². The molecule has 5 rings (SSSR count). The molecule has 7 nitrogen and oxygen atoms in total. The van der Waals surface area contributed by atoms with Crippen LogP contribution in [0.1, 0.15) is 36.3 Å². The maximum atomic E-state index is 12.8. The third kappa shape index (κ3) is 5.85. The van der Waals surface area contributed by atoms with Crippen molar-refractivity contribution in [1.82, 2.24) is 15.1 Å². The van der Waals surface area contributed by atoms with E-state index < -0.39 is 0 Å². The largest absolute Gasteiger partial charge is 0.354 e. The molecule has 36 heavy (non-hydrogen) atoms. The Morgan fingerprint density at radius 1 is 0.944 bits per heavy atom. The Labute approximate surface area is 216 Å². The number of halogens is 1. The quantitative estimate of drug-likeness (QED) is 0.534. The van der Waals surface area contributed by atoms with Crippen LogP contribution in [-0.4, -0.2) is 53.1 Å². The molecular formula is C28H30ClN5O2. The van der Waals surface area contributed by atoms with Crippen molar-refractivity contribution in [3.63, 3.8) is 0 Å². The number of carbonyl (C=O) groups excluding carboxylic acids is 2. The van der Waals surface area contributed by atoms with Gasteiger partial charge in [-0.1, -0.05) is 35.9 Å². The van der Waals surface area contributed by atoms with Gasteiger partial charge >= 0.3 is 0 Å². The van der Waals surface area contributed by atoms with Gasteiger partial charge in [-0.05, 0) is 72.7 Å². The van der Waals surface area contributed by atoms with Gasteiger partial charge in [0, 0.05) is 43.1 Å². The molecule has 2 aliphatic rings. The molecule has 1 aromatic heterocycles. The summed E-state index contributed by atoms with van der Waals surface area (Å²) in [6, 6.07) is 19.4. The van der Waals surface area contributed by atoms with E-state index in [4.69, 9.17) is 11.6 Å². The number of hydrogen-bond donors (Lipinski definition) is 1. The van der Waals surface area contributed by atoms with Gasteiger partial charge in [-0.2, -0.15) is 5.10 Å². The van der Waals surface area contributed by atoms with Gasteiger partial charge < -0.3 is 15.1 Å². The van der Waals surface area contributed by atoms with Crippen LogP contribution in [0.3, 0.4) is 0 Å². The Balaban J connectivity index is 1.09. The first-order chi connectivity index (χ1) is 17.5. The van der Waals surface area contributed by atoms with Crippen molar-refractivity contribution >= 4 is 34.9 Å². The van der Waals surface area contributed by atoms with Crippen molar-refractivity contribution in [3.8, 4) is 0 Å². The maximum absolute atomic E-state index is 12.8. The lowest BCUT2D eigenvalue weighted by Gasteiger charge is -2.32. The number of hydrogen-bond acceptors (Lipinski definition) is 5. The average molecular weight is 504 g/mol. The van der Waals surface area contributed by atoms with E-state index in [0.29, 0.717) is 23.9 Å². The molecule has 2 saturated heterocycles. The summed E-state index contributed by atoms with van der Waals surface area (Å²) in [5.74, 6) is 1.38. The summed E-state index contributed by atoms with van der Waals surface area (Å²) in [7, 11) is 0. The first-order valence-corrected chi connectivity index (χ1v) is 12.9. The highest BCUT2D eigenvalue weighted by atomic mass is 35.5. The summed E-state index contributed by atoms with van der Waals surface area (Å²) in [5, 5.41) is 11.8. The van der Waals surface area contributed by atoms with Crippen LogP contribution in [0, 0.1) is 5.92 Å². The molecule has 2 aromatic carbocycles. The third-order valence-electron chi connectivity index (χ3n) is 7.21. The molecule has 3 heterocycles. The fourth-order valence-corrected chi connectivity index (χ4v) is 5.20. The second-order valence-electron chi connectivity index (χ2n) is 9.58. The second kappa shape index (κ2) is 11.1. The zero-order valence-corrected chi connectivity index (χ0v) is 20.9. The number of benzene rings is 2. The highest BCUT2D eigenvalue weighted by Crippen LogP contribution is 2.30. The molecule has 0 spiro atoms. The molecule has 0 saturated carbocycles. The topological polar surface area (TPSA) is 78.4 Å². The van der Waals surface area contributed by atoms with E-state index >= 15 is 0 Å². The number of amides is 2. The van der Waals surface area contributed by atoms with Gasteiger partial charge in [0.1, 0.15) is 0 Å². The van der Waals surface area contributed by atoms with E-state index in [2.05, 4.69) is 32.5 Å². The number of carbonyl (C=O) groups is 2. The van der Waals surface area contributed by atoms with E-state index in [0.717, 1.165) is 56.0 Å². The lowest BCUT2D eigenvalue weighted by Crippen LogP contribution is -2.38. The second-order valence-corrected chi connectivity index (χ2v) is 10.0. The predicted octanol–water partition coefficient (Wildman–Crippen LogP) is 4.54. The van der Waals surface area contributed by atoms with E-state index in [9.17, 15) is 9.59 Å². The third-order valence-corrected chi connectivity index (χ3v) is 7.46. The number of anilines is 2. The summed E-state index contributed by atoms with van der Waals surface area (Å²) < 4.78 is 0. The van der Waals surface area contributed by atoms with Gasteiger partial charge in [-0.25, -0.2) is 0 Å². The van der Waals surface area contributed by atoms with Crippen LogP contribution in [0.25, 0.3) is 0 Å². The zero-order valence-electron chi connectivity index (χ0n) is 20.1. The molecule has 0 aliphatic carbocycles. The molecule has 2 aliphatic heterocycles. The van der Waals surface area contributed by atoms with Crippen molar-refractivity contribution in [2.45, 2.75) is 31.6 Å². The van der Waals surface area contributed by atoms with Gasteiger partial charge in [0.05, 0.1) is 12.3 Å². The van der Waals surface area contributed by atoms with E-state index in [-0.39, 0.29) is 17.7 Å². The standard InChI is InChI=1S/C28H30ClN5O2/c29-24-7-3-20(4-8-24)18-27(35)33-15-11-22(12-16-33)21-5-9-25(10-6-21)31-28(36)23-13-17-34(19-23)26-2-1-14-30-32-26/h1-10,14,22-23H,11-13,15-19H2,(H,31,36)/t23-/m0/s1. The van der Waals surface area contributed by atoms with Gasteiger partial charge in [-0.15, -0.1) is 5.10 Å². The first-order valence-electron chi connectivity index (χ1n) is 12.5. The number of likely N-dealkylation sites (tertiary alicyclic amines) is 1. The summed E-state index contributed by atoms with van der Waals surface area (Å²) in [6.07, 6.45) is 4.75. The van der Waals surface area contributed by atoms with Crippen LogP contribution in [0.2, 0.25) is 5.02 Å². The number of nitrogens with zero attached hydrogens (tertiary/aromatic N) is 4. The summed E-state index contributed by atoms with van der Waals surface area (Å²) in [4.78, 5) is 29.6. The number of rotatable bonds is 6. The summed E-state index contributed by atoms with van der Waals surface area (Å²) in [6.45, 7) is 2.98. The normalized spacial score (nSPS) is 18.3. The Kier molecular flexibility index (Phi) is 7.47. The van der Waals surface area contributed by atoms with E-state index in [1.54, 1.807) is 6.20 Å². The van der Waals surface area contributed by atoms with Crippen LogP contribution in [0.4, 0.5) is 11.5 Å². The lowest BCUT2D eigenvalue weighted by molar-refractivity contribution is -0.131. The smallest absolute Gasteiger partial charge is 0.229 e. The highest BCUT2D eigenvalue weighted by molar-refractivity contribution is 6.30. The molecule has 0 bridgehead atoms. The fourth-order valence-electron chi connectivity index (χ4n) is 5.08. The highest BCUT2D eigenvalue weighted by Gasteiger charge is 2.29. The summed E-state index contributed by atoms with van der Waals surface area (Å²) >= 11 is 5.94. The van der Waals surface area contributed by atoms with Crippen molar-refractivity contribution in [2.24, 2.45) is 5.92 Å². The first kappa shape index (κ1) is 24.3. The van der Waals surface area contributed by atoms with Crippen molar-refractivity contribution < 1.29 is 9.59 Å². The minimum atomic E-state index is -0.0681. The van der Waals surface area contributed by atoms with Gasteiger partial charge in [0.2, 0.25) is 11.8 Å². The fraction of sp³-hybridized carbons (Fsp3) is 0.357. The molecule has 1 atom stereocenters. The Morgan fingerprint density at radius 2 is 1.69 bits per heavy atom. The lowest BCUT2D eigenvalue weighted by atomic mass is 9.89. The van der Waals surface area contributed by atoms with E-state index in [1.165, 1.54) is 5.56 Å². The van der Waals surface area contributed by atoms with Gasteiger partial charge in [-0.3, -0.25) is 9.59 Å². The Morgan fingerprint density at radius 3 is 2.39 bits per heavy atom. The maximum Gasteiger partial charge on any atom is 0.229 e. The Bertz CT molecular complexity index is 1180. The molecule has 3 aromatic rings. The molecule has 1 N–H and O–H groups in total. The SMILES string of the molecule is O=C(Nc1ccc(C2CCN(C(=O)Cc3ccc(Cl)cc3)CC2)cc1)[C@H]1CCN(c2cccnn2)C1. The van der Waals surface area contributed by atoms with Crippen LogP contribution < -0.4 is 10.2 Å². The van der Waals surface area contributed by atoms with Crippen molar-refractivity contribution in [2.75, 3.05) is 36.4 Å². The van der Waals surface area contributed by atoms with Crippen LogP contribution >= 0.6 is 11.6 Å². The molecule has 186 valence electrons. The van der Waals surface area contributed by atoms with Crippen molar-refractivity contribution in [3.05, 3.63) is 83.0 Å². The molecule has 8 heteroatoms. The number of aromatic nitrogens is 2. The minimum absolute atomic E-state index is 0.0432. The van der Waals surface area contributed by atoms with E-state index in [1.807, 2.05) is 53.4 Å². The molecule has 2 amide bonds. The monoisotopic (exact) mass is 503 g/mol. The molecule has 0 radical (unpaired) electrons. The Hall–Kier alpha value is -3.45. The van der Waals surface area contributed by atoms with Gasteiger partial charge in [0.25, 0.3) is 0 Å².